The first-order valence-electron chi connectivity index (χ1n) is 6.58. The molecule has 0 bridgehead atoms. The van der Waals surface area contributed by atoms with Crippen LogP contribution in [0.25, 0.3) is 0 Å². The van der Waals surface area contributed by atoms with Crippen LogP contribution in [0.5, 0.6) is 0 Å². The van der Waals surface area contributed by atoms with Gasteiger partial charge in [0.25, 0.3) is 0 Å². The summed E-state index contributed by atoms with van der Waals surface area (Å²) in [5, 5.41) is 3.46. The van der Waals surface area contributed by atoms with E-state index >= 15 is 0 Å². The first-order valence-corrected chi connectivity index (χ1v) is 6.58. The van der Waals surface area contributed by atoms with Crippen molar-refractivity contribution < 1.29 is 0 Å². The van der Waals surface area contributed by atoms with Crippen molar-refractivity contribution in [3.05, 3.63) is 28.6 Å². The van der Waals surface area contributed by atoms with E-state index in [9.17, 15) is 0 Å². The predicted molar refractivity (Wildman–Crippen MR) is 71.0 cm³/mol. The van der Waals surface area contributed by atoms with Crippen LogP contribution in [-0.4, -0.2) is 30.0 Å². The van der Waals surface area contributed by atoms with Crippen molar-refractivity contribution >= 4 is 0 Å². The summed E-state index contributed by atoms with van der Waals surface area (Å²) >= 11 is 0. The average Bonchev–Trinajstić information content (AvgIpc) is 2.31. The molecule has 17 heavy (non-hydrogen) atoms. The van der Waals surface area contributed by atoms with Crippen LogP contribution in [0.15, 0.2) is 6.07 Å². The highest BCUT2D eigenvalue weighted by Gasteiger charge is 2.16. The zero-order chi connectivity index (χ0) is 12.3. The molecule has 0 fully saturated rings. The van der Waals surface area contributed by atoms with Crippen molar-refractivity contribution in [1.29, 1.82) is 0 Å². The zero-order valence-corrected chi connectivity index (χ0v) is 11.2. The fourth-order valence-electron chi connectivity index (χ4n) is 2.34. The van der Waals surface area contributed by atoms with E-state index in [1.54, 1.807) is 0 Å². The number of pyridine rings is 1. The molecule has 1 aromatic heterocycles. The lowest BCUT2D eigenvalue weighted by molar-refractivity contribution is 0.309. The molecule has 0 spiro atoms. The summed E-state index contributed by atoms with van der Waals surface area (Å²) in [7, 11) is 2.18. The molecule has 0 aliphatic carbocycles. The number of likely N-dealkylation sites (N-methyl/N-ethyl adjacent to an activating group) is 1. The quantitative estimate of drug-likeness (QED) is 0.805. The minimum Gasteiger partial charge on any atom is -0.313 e. The van der Waals surface area contributed by atoms with Gasteiger partial charge in [-0.05, 0) is 44.1 Å². The third-order valence-corrected chi connectivity index (χ3v) is 3.40. The van der Waals surface area contributed by atoms with Crippen molar-refractivity contribution in [3.8, 4) is 0 Å². The van der Waals surface area contributed by atoms with Crippen molar-refractivity contribution in [2.45, 2.75) is 39.8 Å². The van der Waals surface area contributed by atoms with Gasteiger partial charge in [-0.15, -0.1) is 0 Å². The van der Waals surface area contributed by atoms with Crippen molar-refractivity contribution in [2.24, 2.45) is 0 Å². The molecular weight excluding hydrogens is 210 g/mol. The lowest BCUT2D eigenvalue weighted by atomic mass is 10.0. The summed E-state index contributed by atoms with van der Waals surface area (Å²) in [5.41, 5.74) is 5.27. The second kappa shape index (κ2) is 5.61. The van der Waals surface area contributed by atoms with Gasteiger partial charge < -0.3 is 10.2 Å². The highest BCUT2D eigenvalue weighted by Crippen LogP contribution is 2.19. The molecule has 2 rings (SSSR count). The maximum Gasteiger partial charge on any atom is 0.0464 e. The standard InChI is InChI=1S/C14H23N3/c1-4-6-15-9-12-8-13-10-17(3)7-5-14(13)16-11(12)2/h8,15H,4-7,9-10H2,1-3H3. The highest BCUT2D eigenvalue weighted by molar-refractivity contribution is 5.31. The van der Waals surface area contributed by atoms with E-state index < -0.39 is 0 Å². The molecule has 3 heteroatoms. The molecular formula is C14H23N3. The molecule has 1 aromatic rings. The van der Waals surface area contributed by atoms with Gasteiger partial charge in [0.05, 0.1) is 0 Å². The highest BCUT2D eigenvalue weighted by atomic mass is 15.1. The number of aryl methyl sites for hydroxylation is 1. The normalized spacial score (nSPS) is 15.9. The number of rotatable bonds is 4. The largest absolute Gasteiger partial charge is 0.313 e. The fourth-order valence-corrected chi connectivity index (χ4v) is 2.34. The number of aromatic nitrogens is 1. The Morgan fingerprint density at radius 3 is 3.06 bits per heavy atom. The first kappa shape index (κ1) is 12.5. The molecule has 0 aromatic carbocycles. The Bertz CT molecular complexity index is 387. The van der Waals surface area contributed by atoms with Gasteiger partial charge in [-0.3, -0.25) is 4.98 Å². The topological polar surface area (TPSA) is 28.2 Å². The first-order chi connectivity index (χ1) is 8.20. The number of fused-ring (bicyclic) bond motifs is 1. The zero-order valence-electron chi connectivity index (χ0n) is 11.2. The van der Waals surface area contributed by atoms with Gasteiger partial charge in [0, 0.05) is 37.4 Å². The van der Waals surface area contributed by atoms with Gasteiger partial charge in [-0.25, -0.2) is 0 Å². The van der Waals surface area contributed by atoms with Crippen molar-refractivity contribution in [1.82, 2.24) is 15.2 Å². The van der Waals surface area contributed by atoms with Crippen molar-refractivity contribution in [3.63, 3.8) is 0 Å². The molecule has 1 aliphatic heterocycles. The minimum absolute atomic E-state index is 0.948. The number of hydrogen-bond donors (Lipinski definition) is 1. The van der Waals surface area contributed by atoms with Gasteiger partial charge >= 0.3 is 0 Å². The van der Waals surface area contributed by atoms with E-state index in [4.69, 9.17) is 4.98 Å². The SMILES string of the molecule is CCCNCc1cc2c(nc1C)CCN(C)C2. The lowest BCUT2D eigenvalue weighted by Crippen LogP contribution is -2.28. The smallest absolute Gasteiger partial charge is 0.0464 e. The predicted octanol–water partition coefficient (Wildman–Crippen LogP) is 1.88. The van der Waals surface area contributed by atoms with Crippen LogP contribution in [0.4, 0.5) is 0 Å². The van der Waals surface area contributed by atoms with Gasteiger partial charge in [0.1, 0.15) is 0 Å². The second-order valence-electron chi connectivity index (χ2n) is 5.00. The van der Waals surface area contributed by atoms with Gasteiger partial charge in [0.2, 0.25) is 0 Å². The molecule has 1 N–H and O–H groups in total. The molecule has 0 unspecified atom stereocenters. The van der Waals surface area contributed by atoms with Crippen molar-refractivity contribution in [2.75, 3.05) is 20.1 Å². The molecule has 1 aliphatic rings. The monoisotopic (exact) mass is 233 g/mol. The van der Waals surface area contributed by atoms with Crippen LogP contribution in [0.1, 0.15) is 35.9 Å². The maximum absolute atomic E-state index is 4.76. The molecule has 0 saturated heterocycles. The molecule has 2 heterocycles. The third kappa shape index (κ3) is 3.05. The molecule has 0 amide bonds. The summed E-state index contributed by atoms with van der Waals surface area (Å²) in [6.07, 6.45) is 2.27. The fraction of sp³-hybridized carbons (Fsp3) is 0.643. The Labute approximate surface area is 104 Å². The second-order valence-corrected chi connectivity index (χ2v) is 5.00. The molecule has 0 saturated carbocycles. The van der Waals surface area contributed by atoms with Crippen LogP contribution < -0.4 is 5.32 Å². The Morgan fingerprint density at radius 1 is 1.47 bits per heavy atom. The Morgan fingerprint density at radius 2 is 2.29 bits per heavy atom. The van der Waals surface area contributed by atoms with Gasteiger partial charge in [-0.2, -0.15) is 0 Å². The molecule has 0 atom stereocenters. The number of hydrogen-bond acceptors (Lipinski definition) is 3. The molecule has 94 valence electrons. The van der Waals surface area contributed by atoms with Crippen LogP contribution >= 0.6 is 0 Å². The Balaban J connectivity index is 2.14. The number of nitrogens with one attached hydrogen (secondary N) is 1. The Kier molecular flexibility index (Phi) is 4.13. The third-order valence-electron chi connectivity index (χ3n) is 3.40. The van der Waals surface area contributed by atoms with Crippen LogP contribution in [0.2, 0.25) is 0 Å². The van der Waals surface area contributed by atoms with Gasteiger partial charge in [-0.1, -0.05) is 6.92 Å². The summed E-state index contributed by atoms with van der Waals surface area (Å²) < 4.78 is 0. The van der Waals surface area contributed by atoms with E-state index in [2.05, 4.69) is 37.2 Å². The van der Waals surface area contributed by atoms with E-state index in [-0.39, 0.29) is 0 Å². The lowest BCUT2D eigenvalue weighted by Gasteiger charge is -2.25. The summed E-state index contributed by atoms with van der Waals surface area (Å²) in [6.45, 7) is 8.53. The average molecular weight is 233 g/mol. The van der Waals surface area contributed by atoms with Crippen LogP contribution in [0.3, 0.4) is 0 Å². The summed E-state index contributed by atoms with van der Waals surface area (Å²) in [6, 6.07) is 2.34. The van der Waals surface area contributed by atoms with E-state index in [0.717, 1.165) is 32.6 Å². The van der Waals surface area contributed by atoms with E-state index in [1.807, 2.05) is 0 Å². The van der Waals surface area contributed by atoms with E-state index in [0.29, 0.717) is 0 Å². The van der Waals surface area contributed by atoms with Gasteiger partial charge in [0.15, 0.2) is 0 Å². The minimum atomic E-state index is 0.948. The maximum atomic E-state index is 4.76. The number of nitrogens with zero attached hydrogens (tertiary/aromatic N) is 2. The summed E-state index contributed by atoms with van der Waals surface area (Å²) in [4.78, 5) is 7.12. The van der Waals surface area contributed by atoms with Crippen LogP contribution in [-0.2, 0) is 19.5 Å². The summed E-state index contributed by atoms with van der Waals surface area (Å²) in [5.74, 6) is 0. The molecule has 3 nitrogen and oxygen atoms in total. The Hall–Kier alpha value is -0.930. The van der Waals surface area contributed by atoms with E-state index in [1.165, 1.54) is 28.9 Å². The molecule has 0 radical (unpaired) electrons. The van der Waals surface area contributed by atoms with Crippen LogP contribution in [0, 0.1) is 6.92 Å².